The van der Waals surface area contributed by atoms with Crippen LogP contribution in [0.2, 0.25) is 0 Å². The minimum atomic E-state index is -0.0270. The third-order valence-corrected chi connectivity index (χ3v) is 13.4. The molecule has 1 atom stereocenters. The highest BCUT2D eigenvalue weighted by Crippen LogP contribution is 2.57. The van der Waals surface area contributed by atoms with E-state index in [0.29, 0.717) is 0 Å². The topological polar surface area (TPSA) is 45.9 Å². The highest BCUT2D eigenvalue weighted by atomic mass is 32.2. The summed E-state index contributed by atoms with van der Waals surface area (Å²) in [5.41, 5.74) is 13.9. The molecule has 7 aromatic carbocycles. The number of hydrogen-bond donors (Lipinski definition) is 0. The molecule has 5 nitrogen and oxygen atoms in total. The van der Waals surface area contributed by atoms with Crippen LogP contribution < -0.4 is 20.7 Å². The average Bonchev–Trinajstić information content (AvgIpc) is 4.07. The molecule has 13 rings (SSSR count). The van der Waals surface area contributed by atoms with Crippen LogP contribution in [-0.2, 0) is 0 Å². The Bertz CT molecular complexity index is 3290. The van der Waals surface area contributed by atoms with Crippen molar-refractivity contribution in [3.8, 4) is 11.3 Å². The lowest BCUT2D eigenvalue weighted by atomic mass is 9.33. The normalized spacial score (nSPS) is 15.9. The highest BCUT2D eigenvalue weighted by molar-refractivity contribution is 8.03. The van der Waals surface area contributed by atoms with Crippen LogP contribution in [-0.4, -0.2) is 6.71 Å². The van der Waals surface area contributed by atoms with E-state index in [2.05, 4.69) is 161 Å². The van der Waals surface area contributed by atoms with Crippen LogP contribution in [0.15, 0.2) is 194 Å². The second-order valence-corrected chi connectivity index (χ2v) is 16.3. The van der Waals surface area contributed by atoms with Crippen LogP contribution in [0.5, 0.6) is 0 Å². The maximum atomic E-state index is 7.12. The molecule has 0 aliphatic carbocycles. The van der Waals surface area contributed by atoms with Crippen LogP contribution >= 0.6 is 11.8 Å². The lowest BCUT2D eigenvalue weighted by Crippen LogP contribution is -2.54. The summed E-state index contributed by atoms with van der Waals surface area (Å²) in [6.45, 7) is -0.0270. The first-order valence-corrected chi connectivity index (χ1v) is 20.3. The standard InChI is InChI=1S/C50H31BN2O3S/c1-3-14-30(15-4-1)44-28-36-49(56-44)52(40-24-11-20-34-32-18-7-9-26-42(32)54-47(34)40)38-22-13-23-39-46(38)51(36)37-29-45(31-16-5-2-6-17-31)57-50(37)53(39)41-25-12-21-35-33-19-8-10-27-43(33)55-48(35)41/h1-28,45H,29H2. The zero-order valence-corrected chi connectivity index (χ0v) is 31.4. The van der Waals surface area contributed by atoms with E-state index >= 15 is 0 Å². The van der Waals surface area contributed by atoms with Gasteiger partial charge in [-0.1, -0.05) is 133 Å². The number of thioether (sulfide) groups is 1. The van der Waals surface area contributed by atoms with Crippen LogP contribution in [0.1, 0.15) is 17.2 Å². The summed E-state index contributed by atoms with van der Waals surface area (Å²) in [5.74, 6) is 1.67. The molecule has 1 unspecified atom stereocenters. The van der Waals surface area contributed by atoms with E-state index in [9.17, 15) is 0 Å². The van der Waals surface area contributed by atoms with Crippen molar-refractivity contribution in [3.05, 3.63) is 186 Å². The van der Waals surface area contributed by atoms with Gasteiger partial charge in [0.25, 0.3) is 6.71 Å². The van der Waals surface area contributed by atoms with E-state index in [1.165, 1.54) is 21.5 Å². The summed E-state index contributed by atoms with van der Waals surface area (Å²) in [5, 5.41) is 5.91. The molecule has 3 aliphatic heterocycles. The molecular formula is C50H31BN2O3S. The van der Waals surface area contributed by atoms with Gasteiger partial charge in [0, 0.05) is 43.7 Å². The van der Waals surface area contributed by atoms with E-state index in [0.717, 1.165) is 95.7 Å². The first kappa shape index (κ1) is 31.4. The van der Waals surface area contributed by atoms with Gasteiger partial charge >= 0.3 is 0 Å². The van der Waals surface area contributed by atoms with Crippen molar-refractivity contribution in [2.45, 2.75) is 11.7 Å². The van der Waals surface area contributed by atoms with Crippen molar-refractivity contribution in [1.82, 2.24) is 0 Å². The Labute approximate surface area is 332 Å². The van der Waals surface area contributed by atoms with Gasteiger partial charge in [-0.15, -0.1) is 11.8 Å². The number of rotatable bonds is 4. The van der Waals surface area contributed by atoms with Crippen molar-refractivity contribution >= 4 is 102 Å². The Kier molecular flexibility index (Phi) is 6.52. The molecule has 0 saturated heterocycles. The van der Waals surface area contributed by atoms with Gasteiger partial charge in [0.2, 0.25) is 0 Å². The molecule has 268 valence electrons. The van der Waals surface area contributed by atoms with Gasteiger partial charge in [-0.2, -0.15) is 0 Å². The molecular weight excluding hydrogens is 719 g/mol. The number of para-hydroxylation sites is 4. The minimum Gasteiger partial charge on any atom is -0.454 e. The fourth-order valence-corrected chi connectivity index (χ4v) is 11.1. The molecule has 57 heavy (non-hydrogen) atoms. The SMILES string of the molecule is c1ccc(-c2cc3c(o2)N(c2cccc4c2oc2ccccc24)c2cccc4c2B3C2=C(SC(c3ccccc3)C2)N4c2cccc3c2oc2ccccc23)cc1. The molecule has 10 aromatic rings. The van der Waals surface area contributed by atoms with Gasteiger partial charge in [0.15, 0.2) is 17.1 Å². The van der Waals surface area contributed by atoms with E-state index in [1.807, 2.05) is 30.0 Å². The number of hydrogen-bond acceptors (Lipinski definition) is 6. The maximum Gasteiger partial charge on any atom is 0.252 e. The van der Waals surface area contributed by atoms with Crippen LogP contribution in [0.3, 0.4) is 0 Å². The second-order valence-electron chi connectivity index (χ2n) is 15.1. The predicted molar refractivity (Wildman–Crippen MR) is 235 cm³/mol. The smallest absolute Gasteiger partial charge is 0.252 e. The molecule has 0 N–H and O–H groups in total. The first-order valence-electron chi connectivity index (χ1n) is 19.5. The minimum absolute atomic E-state index is 0.0270. The van der Waals surface area contributed by atoms with Gasteiger partial charge in [0.05, 0.1) is 16.4 Å². The lowest BCUT2D eigenvalue weighted by Gasteiger charge is -2.41. The van der Waals surface area contributed by atoms with Crippen molar-refractivity contribution in [2.24, 2.45) is 0 Å². The summed E-state index contributed by atoms with van der Waals surface area (Å²) in [4.78, 5) is 4.80. The Hall–Kier alpha value is -6.83. The third-order valence-electron chi connectivity index (χ3n) is 12.0. The molecule has 0 amide bonds. The van der Waals surface area contributed by atoms with Crippen LogP contribution in [0.25, 0.3) is 55.2 Å². The van der Waals surface area contributed by atoms with E-state index in [4.69, 9.17) is 13.3 Å². The number of nitrogens with zero attached hydrogens (tertiary/aromatic N) is 2. The van der Waals surface area contributed by atoms with Crippen LogP contribution in [0, 0.1) is 0 Å². The highest BCUT2D eigenvalue weighted by Gasteiger charge is 2.50. The number of fused-ring (bicyclic) bond motifs is 9. The van der Waals surface area contributed by atoms with E-state index < -0.39 is 0 Å². The van der Waals surface area contributed by atoms with Gasteiger partial charge in [0.1, 0.15) is 16.9 Å². The molecule has 0 radical (unpaired) electrons. The zero-order chi connectivity index (χ0) is 37.2. The quantitative estimate of drug-likeness (QED) is 0.167. The maximum absolute atomic E-state index is 7.12. The first-order chi connectivity index (χ1) is 28.3. The summed E-state index contributed by atoms with van der Waals surface area (Å²) < 4.78 is 20.6. The van der Waals surface area contributed by atoms with Gasteiger partial charge < -0.3 is 18.2 Å². The van der Waals surface area contributed by atoms with Crippen molar-refractivity contribution in [3.63, 3.8) is 0 Å². The predicted octanol–water partition coefficient (Wildman–Crippen LogP) is 12.9. The monoisotopic (exact) mass is 750 g/mol. The summed E-state index contributed by atoms with van der Waals surface area (Å²) >= 11 is 1.96. The molecule has 3 aliphatic rings. The lowest BCUT2D eigenvalue weighted by molar-refractivity contribution is 0.588. The molecule has 0 fully saturated rings. The molecule has 0 spiro atoms. The molecule has 6 heterocycles. The van der Waals surface area contributed by atoms with Crippen molar-refractivity contribution in [2.75, 3.05) is 9.80 Å². The third kappa shape index (κ3) is 4.43. The number of allylic oxidation sites excluding steroid dienone is 1. The molecule has 0 saturated carbocycles. The molecule has 3 aromatic heterocycles. The fraction of sp³-hybridized carbons (Fsp3) is 0.0400. The summed E-state index contributed by atoms with van der Waals surface area (Å²) in [6, 6.07) is 60.1. The Morgan fingerprint density at radius 1 is 0.509 bits per heavy atom. The number of benzene rings is 7. The van der Waals surface area contributed by atoms with E-state index in [-0.39, 0.29) is 12.0 Å². The Balaban J connectivity index is 1.11. The number of furan rings is 3. The number of anilines is 5. The van der Waals surface area contributed by atoms with Gasteiger partial charge in [-0.25, -0.2) is 0 Å². The van der Waals surface area contributed by atoms with Crippen molar-refractivity contribution in [1.29, 1.82) is 0 Å². The second kappa shape index (κ2) is 11.8. The zero-order valence-electron chi connectivity index (χ0n) is 30.6. The molecule has 7 heteroatoms. The van der Waals surface area contributed by atoms with E-state index in [1.54, 1.807) is 0 Å². The summed E-state index contributed by atoms with van der Waals surface area (Å²) in [7, 11) is 0. The van der Waals surface area contributed by atoms with Gasteiger partial charge in [-0.3, -0.25) is 4.90 Å². The summed E-state index contributed by atoms with van der Waals surface area (Å²) in [6.07, 6.45) is 0.902. The average molecular weight is 751 g/mol. The fourth-order valence-electron chi connectivity index (χ4n) is 9.61. The van der Waals surface area contributed by atoms with Crippen LogP contribution in [0.4, 0.5) is 28.6 Å². The van der Waals surface area contributed by atoms with Crippen molar-refractivity contribution < 1.29 is 13.3 Å². The Morgan fingerprint density at radius 3 is 1.74 bits per heavy atom. The molecule has 0 bridgehead atoms. The largest absolute Gasteiger partial charge is 0.454 e. The Morgan fingerprint density at radius 2 is 1.05 bits per heavy atom. The van der Waals surface area contributed by atoms with Gasteiger partial charge in [-0.05, 0) is 65.4 Å².